The van der Waals surface area contributed by atoms with E-state index in [0.29, 0.717) is 12.3 Å². The van der Waals surface area contributed by atoms with Gasteiger partial charge in [0.2, 0.25) is 5.91 Å². The maximum Gasteiger partial charge on any atom is 0.353 e. The zero-order valence-corrected chi connectivity index (χ0v) is 14.5. The van der Waals surface area contributed by atoms with Crippen LogP contribution in [0.15, 0.2) is 10.6 Å². The van der Waals surface area contributed by atoms with Gasteiger partial charge in [0.1, 0.15) is 5.70 Å². The van der Waals surface area contributed by atoms with Crippen LogP contribution in [-0.2, 0) is 9.59 Å². The molecule has 5 N–H and O–H groups in total. The topological polar surface area (TPSA) is 136 Å². The summed E-state index contributed by atoms with van der Waals surface area (Å²) in [5.41, 5.74) is 0.0897. The summed E-state index contributed by atoms with van der Waals surface area (Å²) in [6.45, 7) is 4.87. The lowest BCUT2D eigenvalue weighted by atomic mass is 9.83. The Kier molecular flexibility index (Phi) is 5.26. The van der Waals surface area contributed by atoms with Crippen LogP contribution in [0.2, 0.25) is 0 Å². The second-order valence-corrected chi connectivity index (χ2v) is 7.78. The third kappa shape index (κ3) is 2.91. The first-order chi connectivity index (χ1) is 10.8. The molecule has 134 valence electrons. The summed E-state index contributed by atoms with van der Waals surface area (Å²) in [7, 11) is 0. The number of amidine groups is 1. The Morgan fingerprint density at radius 1 is 1.46 bits per heavy atom. The fourth-order valence-electron chi connectivity index (χ4n) is 3.67. The summed E-state index contributed by atoms with van der Waals surface area (Å²) >= 11 is 1.52. The number of hydrogen-bond acceptors (Lipinski definition) is 5. The molecular weight excluding hydrogens is 334 g/mol. The van der Waals surface area contributed by atoms with Gasteiger partial charge in [0, 0.05) is 29.7 Å². The molecule has 3 aliphatic rings. The monoisotopic (exact) mass is 357 g/mol. The number of nitrogens with one attached hydrogen (secondary N) is 1. The van der Waals surface area contributed by atoms with Gasteiger partial charge in [0.15, 0.2) is 0 Å². The number of carbonyl (C=O) groups is 2. The number of amides is 1. The van der Waals surface area contributed by atoms with Gasteiger partial charge in [-0.25, -0.2) is 4.79 Å². The van der Waals surface area contributed by atoms with Crippen LogP contribution in [0.5, 0.6) is 0 Å². The van der Waals surface area contributed by atoms with Gasteiger partial charge in [0.05, 0.1) is 23.9 Å². The maximum atomic E-state index is 12.1. The second kappa shape index (κ2) is 6.73. The summed E-state index contributed by atoms with van der Waals surface area (Å²) in [6, 6.07) is -0.224. The van der Waals surface area contributed by atoms with Crippen LogP contribution >= 0.6 is 11.8 Å². The van der Waals surface area contributed by atoms with Gasteiger partial charge in [-0.15, -0.1) is 11.8 Å². The number of carboxylic acids is 1. The molecule has 2 saturated heterocycles. The summed E-state index contributed by atoms with van der Waals surface area (Å²) < 4.78 is 0. The molecule has 3 aliphatic heterocycles. The van der Waals surface area contributed by atoms with Gasteiger partial charge in [-0.3, -0.25) is 10.2 Å². The fourth-order valence-corrected chi connectivity index (χ4v) is 5.11. The van der Waals surface area contributed by atoms with Crippen LogP contribution in [0.1, 0.15) is 26.7 Å². The van der Waals surface area contributed by atoms with Crippen LogP contribution in [0.25, 0.3) is 0 Å². The maximum absolute atomic E-state index is 12.1. The molecule has 0 aromatic carbocycles. The standard InChI is InChI=1S/C15H21N3O4S.H2O/c1-7(19)12-10-5-11(13(15(21)22)18(10)14(12)20)23-9-3-4-17(6-9)8(2)16;/h7,9-10,12,16,19H,3-6H2,1-2H3,(H,21,22);1H2/t7-,9-,10-,12-;/m1./s1. The number of nitrogens with zero attached hydrogens (tertiary/aromatic N) is 2. The van der Waals surface area contributed by atoms with Crippen molar-refractivity contribution in [1.29, 1.82) is 5.41 Å². The van der Waals surface area contributed by atoms with E-state index in [1.54, 1.807) is 13.8 Å². The summed E-state index contributed by atoms with van der Waals surface area (Å²) in [6.07, 6.45) is 0.648. The molecule has 3 rings (SSSR count). The molecule has 0 aromatic rings. The number of fused-ring (bicyclic) bond motifs is 1. The van der Waals surface area contributed by atoms with Crippen LogP contribution in [0, 0.1) is 11.3 Å². The van der Waals surface area contributed by atoms with Crippen molar-refractivity contribution >= 4 is 29.5 Å². The molecule has 3 heterocycles. The van der Waals surface area contributed by atoms with E-state index >= 15 is 0 Å². The van der Waals surface area contributed by atoms with E-state index in [2.05, 4.69) is 0 Å². The number of carboxylic acid groups (broad SMARTS) is 1. The van der Waals surface area contributed by atoms with E-state index in [9.17, 15) is 19.8 Å². The van der Waals surface area contributed by atoms with E-state index in [0.717, 1.165) is 24.4 Å². The quantitative estimate of drug-likeness (QED) is 0.364. The van der Waals surface area contributed by atoms with Gasteiger partial charge in [-0.2, -0.15) is 0 Å². The lowest BCUT2D eigenvalue weighted by Crippen LogP contribution is -2.61. The Balaban J connectivity index is 0.00000208. The summed E-state index contributed by atoms with van der Waals surface area (Å²) in [5.74, 6) is -1.33. The highest BCUT2D eigenvalue weighted by Gasteiger charge is 2.57. The second-order valence-electron chi connectivity index (χ2n) is 6.38. The van der Waals surface area contributed by atoms with Gasteiger partial charge in [-0.05, 0) is 20.3 Å². The minimum absolute atomic E-state index is 0. The SMILES string of the molecule is CC(=N)N1CC[C@@H](SC2=C(C(=O)O)N3C(=O)[C@H]([C@@H](C)O)[C@H]3C2)C1.O. The normalized spacial score (nSPS) is 30.0. The van der Waals surface area contributed by atoms with Crippen LogP contribution in [-0.4, -0.2) is 73.7 Å². The minimum atomic E-state index is -1.08. The van der Waals surface area contributed by atoms with Gasteiger partial charge in [0.25, 0.3) is 0 Å². The number of β-lactam (4-membered cyclic amide) rings is 1. The molecular formula is C15H23N3O5S. The van der Waals surface area contributed by atoms with E-state index in [1.165, 1.54) is 16.7 Å². The largest absolute Gasteiger partial charge is 0.477 e. The number of aliphatic carboxylic acids is 1. The number of rotatable bonds is 4. The molecule has 0 aliphatic carbocycles. The predicted molar refractivity (Wildman–Crippen MR) is 89.7 cm³/mol. The molecule has 1 amide bonds. The molecule has 8 nitrogen and oxygen atoms in total. The number of aliphatic hydroxyl groups is 1. The number of thioether (sulfide) groups is 1. The molecule has 2 fully saturated rings. The average molecular weight is 357 g/mol. The summed E-state index contributed by atoms with van der Waals surface area (Å²) in [4.78, 5) is 27.8. The first-order valence-corrected chi connectivity index (χ1v) is 8.63. The molecule has 0 unspecified atom stereocenters. The van der Waals surface area contributed by atoms with Gasteiger partial charge >= 0.3 is 5.97 Å². The highest BCUT2D eigenvalue weighted by Crippen LogP contribution is 2.48. The van der Waals surface area contributed by atoms with Crippen molar-refractivity contribution in [1.82, 2.24) is 9.80 Å². The average Bonchev–Trinajstić information content (AvgIpc) is 3.02. The van der Waals surface area contributed by atoms with Crippen molar-refractivity contribution in [2.24, 2.45) is 5.92 Å². The molecule has 0 radical (unpaired) electrons. The zero-order chi connectivity index (χ0) is 16.9. The number of carbonyl (C=O) groups excluding carboxylic acids is 1. The Labute approximate surface area is 144 Å². The molecule has 24 heavy (non-hydrogen) atoms. The Bertz CT molecular complexity index is 606. The number of aliphatic hydroxyl groups excluding tert-OH is 1. The smallest absolute Gasteiger partial charge is 0.353 e. The fraction of sp³-hybridized carbons (Fsp3) is 0.667. The summed E-state index contributed by atoms with van der Waals surface area (Å²) in [5, 5.41) is 27.1. The first kappa shape index (κ1) is 18.8. The van der Waals surface area contributed by atoms with Crippen molar-refractivity contribution in [2.45, 2.75) is 44.1 Å². The van der Waals surface area contributed by atoms with Crippen LogP contribution in [0.3, 0.4) is 0 Å². The van der Waals surface area contributed by atoms with E-state index in [-0.39, 0.29) is 28.4 Å². The minimum Gasteiger partial charge on any atom is -0.477 e. The molecule has 0 aromatic heterocycles. The molecule has 4 atom stereocenters. The van der Waals surface area contributed by atoms with Crippen molar-refractivity contribution in [3.8, 4) is 0 Å². The van der Waals surface area contributed by atoms with E-state index in [1.807, 2.05) is 4.90 Å². The Morgan fingerprint density at radius 2 is 2.12 bits per heavy atom. The van der Waals surface area contributed by atoms with Crippen molar-refractivity contribution in [3.05, 3.63) is 10.6 Å². The van der Waals surface area contributed by atoms with Crippen LogP contribution in [0.4, 0.5) is 0 Å². The molecule has 9 heteroatoms. The van der Waals surface area contributed by atoms with Gasteiger partial charge < -0.3 is 25.5 Å². The highest BCUT2D eigenvalue weighted by molar-refractivity contribution is 8.03. The number of likely N-dealkylation sites (tertiary alicyclic amines) is 1. The van der Waals surface area contributed by atoms with Crippen molar-refractivity contribution < 1.29 is 25.3 Å². The highest BCUT2D eigenvalue weighted by atomic mass is 32.2. The lowest BCUT2D eigenvalue weighted by molar-refractivity contribution is -0.161. The first-order valence-electron chi connectivity index (χ1n) is 7.75. The van der Waals surface area contributed by atoms with E-state index < -0.39 is 18.0 Å². The van der Waals surface area contributed by atoms with Crippen molar-refractivity contribution in [2.75, 3.05) is 13.1 Å². The Morgan fingerprint density at radius 3 is 2.62 bits per heavy atom. The Hall–Kier alpha value is -1.58. The van der Waals surface area contributed by atoms with Crippen molar-refractivity contribution in [3.63, 3.8) is 0 Å². The molecule has 0 bridgehead atoms. The molecule has 0 spiro atoms. The number of hydrogen-bond donors (Lipinski definition) is 3. The zero-order valence-electron chi connectivity index (χ0n) is 13.7. The van der Waals surface area contributed by atoms with Gasteiger partial charge in [-0.1, -0.05) is 0 Å². The van der Waals surface area contributed by atoms with Crippen LogP contribution < -0.4 is 0 Å². The lowest BCUT2D eigenvalue weighted by Gasteiger charge is -2.44. The third-order valence-corrected chi connectivity index (χ3v) is 6.18. The van der Waals surface area contributed by atoms with E-state index in [4.69, 9.17) is 5.41 Å². The predicted octanol–water partition coefficient (Wildman–Crippen LogP) is -0.126. The molecule has 0 saturated carbocycles. The third-order valence-electron chi connectivity index (χ3n) is 4.82.